The van der Waals surface area contributed by atoms with Gasteiger partial charge in [-0.2, -0.15) is 0 Å². The number of hydrogen-bond acceptors (Lipinski definition) is 1. The summed E-state index contributed by atoms with van der Waals surface area (Å²) >= 11 is 0. The third-order valence-electron chi connectivity index (χ3n) is 2.17. The number of hydrogen-bond donors (Lipinski definition) is 1. The molecule has 0 spiro atoms. The first kappa shape index (κ1) is 11.2. The summed E-state index contributed by atoms with van der Waals surface area (Å²) in [7, 11) is 0. The van der Waals surface area contributed by atoms with E-state index >= 15 is 0 Å². The lowest BCUT2D eigenvalue weighted by molar-refractivity contribution is 0.352. The fourth-order valence-corrected chi connectivity index (χ4v) is 1.74. The first-order chi connectivity index (χ1) is 4.79. The molecule has 1 aliphatic rings. The van der Waals surface area contributed by atoms with E-state index in [0.717, 1.165) is 6.04 Å². The molecule has 1 saturated carbocycles. The summed E-state index contributed by atoms with van der Waals surface area (Å²) in [6, 6.07) is 1.50. The van der Waals surface area contributed by atoms with Gasteiger partial charge < -0.3 is 5.32 Å². The van der Waals surface area contributed by atoms with Crippen LogP contribution in [-0.2, 0) is 0 Å². The van der Waals surface area contributed by atoms with E-state index in [4.69, 9.17) is 0 Å². The molecular weight excluding hydrogens is 150 g/mol. The predicted molar refractivity (Wildman–Crippen MR) is 56.5 cm³/mol. The Bertz CT molecular complexity index is 87.6. The molecule has 0 atom stereocenters. The van der Waals surface area contributed by atoms with Gasteiger partial charge in [-0.05, 0) is 23.8 Å². The molecular formula is C9H23NSi. The van der Waals surface area contributed by atoms with E-state index in [2.05, 4.69) is 19.2 Å². The molecule has 0 heterocycles. The zero-order chi connectivity index (χ0) is 7.40. The van der Waals surface area contributed by atoms with E-state index in [-0.39, 0.29) is 11.0 Å². The highest BCUT2D eigenvalue weighted by atomic mass is 28.1. The van der Waals surface area contributed by atoms with Gasteiger partial charge in [-0.15, -0.1) is 0 Å². The molecule has 68 valence electrons. The smallest absolute Gasteiger partial charge is 0.00694 e. The van der Waals surface area contributed by atoms with Crippen LogP contribution in [0.5, 0.6) is 0 Å². The molecule has 11 heavy (non-hydrogen) atoms. The first-order valence-corrected chi connectivity index (χ1v) is 4.55. The average molecular weight is 173 g/mol. The standard InChI is InChI=1S/C9H19N.H4Si/c1-8(2)10-9-6-4-3-5-7-9;/h8-10H,3-7H2,1-2H3;1H4. The van der Waals surface area contributed by atoms with Crippen molar-refractivity contribution in [2.24, 2.45) is 0 Å². The third kappa shape index (κ3) is 4.59. The summed E-state index contributed by atoms with van der Waals surface area (Å²) in [5, 5.41) is 3.58. The lowest BCUT2D eigenvalue weighted by atomic mass is 9.95. The van der Waals surface area contributed by atoms with Crippen LogP contribution >= 0.6 is 0 Å². The van der Waals surface area contributed by atoms with Gasteiger partial charge in [0.05, 0.1) is 0 Å². The molecule has 0 unspecified atom stereocenters. The van der Waals surface area contributed by atoms with Gasteiger partial charge >= 0.3 is 0 Å². The van der Waals surface area contributed by atoms with Crippen LogP contribution in [0, 0.1) is 0 Å². The predicted octanol–water partition coefficient (Wildman–Crippen LogP) is 0.865. The van der Waals surface area contributed by atoms with Gasteiger partial charge in [-0.1, -0.05) is 33.1 Å². The first-order valence-electron chi connectivity index (χ1n) is 4.55. The monoisotopic (exact) mass is 173 g/mol. The normalized spacial score (nSPS) is 19.9. The van der Waals surface area contributed by atoms with Crippen LogP contribution in [0.4, 0.5) is 0 Å². The Hall–Kier alpha value is 0.177. The van der Waals surface area contributed by atoms with Crippen molar-refractivity contribution in [3.63, 3.8) is 0 Å². The van der Waals surface area contributed by atoms with E-state index in [1.54, 1.807) is 0 Å². The second-order valence-corrected chi connectivity index (χ2v) is 3.66. The van der Waals surface area contributed by atoms with E-state index in [0.29, 0.717) is 6.04 Å². The average Bonchev–Trinajstić information content (AvgIpc) is 1.88. The molecule has 1 rings (SSSR count). The van der Waals surface area contributed by atoms with Gasteiger partial charge in [0.15, 0.2) is 0 Å². The molecule has 0 amide bonds. The summed E-state index contributed by atoms with van der Waals surface area (Å²) in [6.45, 7) is 4.46. The Morgan fingerprint density at radius 1 is 1.09 bits per heavy atom. The van der Waals surface area contributed by atoms with E-state index < -0.39 is 0 Å². The Kier molecular flexibility index (Phi) is 5.87. The van der Waals surface area contributed by atoms with Crippen LogP contribution in [0.15, 0.2) is 0 Å². The minimum absolute atomic E-state index is 0. The van der Waals surface area contributed by atoms with Crippen molar-refractivity contribution in [2.75, 3.05) is 0 Å². The lowest BCUT2D eigenvalue weighted by Crippen LogP contribution is -2.35. The maximum absolute atomic E-state index is 3.58. The van der Waals surface area contributed by atoms with E-state index in [9.17, 15) is 0 Å². The third-order valence-corrected chi connectivity index (χ3v) is 2.17. The quantitative estimate of drug-likeness (QED) is 0.611. The van der Waals surface area contributed by atoms with Gasteiger partial charge in [-0.3, -0.25) is 0 Å². The molecule has 0 bridgehead atoms. The summed E-state index contributed by atoms with van der Waals surface area (Å²) in [5.74, 6) is 0. The van der Waals surface area contributed by atoms with Crippen molar-refractivity contribution in [1.29, 1.82) is 0 Å². The molecule has 1 aliphatic carbocycles. The second-order valence-electron chi connectivity index (χ2n) is 3.66. The molecule has 0 aromatic rings. The number of nitrogens with one attached hydrogen (secondary N) is 1. The van der Waals surface area contributed by atoms with Crippen molar-refractivity contribution in [3.05, 3.63) is 0 Å². The maximum atomic E-state index is 3.58. The highest BCUT2D eigenvalue weighted by molar-refractivity contribution is 5.75. The fraction of sp³-hybridized carbons (Fsp3) is 1.00. The summed E-state index contributed by atoms with van der Waals surface area (Å²) < 4.78 is 0. The summed E-state index contributed by atoms with van der Waals surface area (Å²) in [5.41, 5.74) is 0. The molecule has 0 aromatic carbocycles. The molecule has 0 saturated heterocycles. The zero-order valence-electron chi connectivity index (χ0n) is 7.19. The van der Waals surface area contributed by atoms with Crippen LogP contribution in [-0.4, -0.2) is 23.0 Å². The highest BCUT2D eigenvalue weighted by Gasteiger charge is 2.12. The topological polar surface area (TPSA) is 12.0 Å². The van der Waals surface area contributed by atoms with E-state index in [1.807, 2.05) is 0 Å². The Morgan fingerprint density at radius 3 is 2.09 bits per heavy atom. The Balaban J connectivity index is 0.000001000. The summed E-state index contributed by atoms with van der Waals surface area (Å²) in [6.07, 6.45) is 7.13. The second kappa shape index (κ2) is 5.78. The fourth-order valence-electron chi connectivity index (χ4n) is 1.74. The van der Waals surface area contributed by atoms with Gasteiger partial charge in [0, 0.05) is 12.1 Å². The van der Waals surface area contributed by atoms with E-state index in [1.165, 1.54) is 32.1 Å². The Morgan fingerprint density at radius 2 is 1.64 bits per heavy atom. The molecule has 1 N–H and O–H groups in total. The van der Waals surface area contributed by atoms with Crippen LogP contribution < -0.4 is 5.32 Å². The summed E-state index contributed by atoms with van der Waals surface area (Å²) in [4.78, 5) is 0. The van der Waals surface area contributed by atoms with Crippen LogP contribution in [0.2, 0.25) is 0 Å². The van der Waals surface area contributed by atoms with Gasteiger partial charge in [0.2, 0.25) is 0 Å². The minimum Gasteiger partial charge on any atom is -0.312 e. The molecule has 2 heteroatoms. The van der Waals surface area contributed by atoms with Crippen molar-refractivity contribution < 1.29 is 0 Å². The zero-order valence-corrected chi connectivity index (χ0v) is 7.19. The molecule has 0 radical (unpaired) electrons. The maximum Gasteiger partial charge on any atom is 0.00694 e. The molecule has 0 aliphatic heterocycles. The largest absolute Gasteiger partial charge is 0.312 e. The van der Waals surface area contributed by atoms with Crippen molar-refractivity contribution >= 4 is 11.0 Å². The number of rotatable bonds is 2. The molecule has 1 fully saturated rings. The van der Waals surface area contributed by atoms with Crippen LogP contribution in [0.3, 0.4) is 0 Å². The highest BCUT2D eigenvalue weighted by Crippen LogP contribution is 2.17. The molecule has 0 aromatic heterocycles. The van der Waals surface area contributed by atoms with Gasteiger partial charge in [0.1, 0.15) is 0 Å². The van der Waals surface area contributed by atoms with Gasteiger partial charge in [-0.25, -0.2) is 0 Å². The van der Waals surface area contributed by atoms with Crippen LogP contribution in [0.1, 0.15) is 46.0 Å². The van der Waals surface area contributed by atoms with Crippen molar-refractivity contribution in [3.8, 4) is 0 Å². The van der Waals surface area contributed by atoms with Crippen molar-refractivity contribution in [1.82, 2.24) is 5.32 Å². The van der Waals surface area contributed by atoms with Crippen LogP contribution in [0.25, 0.3) is 0 Å². The van der Waals surface area contributed by atoms with Gasteiger partial charge in [0.25, 0.3) is 0 Å². The van der Waals surface area contributed by atoms with Crippen molar-refractivity contribution in [2.45, 2.75) is 58.0 Å². The Labute approximate surface area is 75.0 Å². The lowest BCUT2D eigenvalue weighted by Gasteiger charge is -2.24. The molecule has 1 nitrogen and oxygen atoms in total. The minimum atomic E-state index is 0. The SMILES string of the molecule is CC(C)NC1CCCCC1.[SiH4].